The first-order valence-electron chi connectivity index (χ1n) is 6.63. The van der Waals surface area contributed by atoms with Gasteiger partial charge < -0.3 is 9.47 Å². The Hall–Kier alpha value is -3.13. The SMILES string of the molecule is CCOC(=O)C#Cc1ccc2c3c(cccc13)C(=O)OC2=O. The Kier molecular flexibility index (Phi) is 3.36. The van der Waals surface area contributed by atoms with E-state index in [9.17, 15) is 14.4 Å². The van der Waals surface area contributed by atoms with Crippen molar-refractivity contribution in [1.29, 1.82) is 0 Å². The molecule has 2 aromatic carbocycles. The molecule has 3 rings (SSSR count). The molecule has 0 saturated heterocycles. The van der Waals surface area contributed by atoms with Crippen LogP contribution >= 0.6 is 0 Å². The molecular formula is C17H10O5. The van der Waals surface area contributed by atoms with E-state index in [4.69, 9.17) is 4.74 Å². The Bertz CT molecular complexity index is 863. The molecule has 0 radical (unpaired) electrons. The van der Waals surface area contributed by atoms with Gasteiger partial charge in [0.25, 0.3) is 0 Å². The minimum Gasteiger partial charge on any atom is -0.456 e. The lowest BCUT2D eigenvalue weighted by atomic mass is 9.94. The van der Waals surface area contributed by atoms with E-state index < -0.39 is 17.9 Å². The molecule has 0 aromatic heterocycles. The molecule has 22 heavy (non-hydrogen) atoms. The highest BCUT2D eigenvalue weighted by molar-refractivity contribution is 6.21. The number of esters is 3. The Morgan fingerprint density at radius 2 is 1.86 bits per heavy atom. The summed E-state index contributed by atoms with van der Waals surface area (Å²) in [4.78, 5) is 34.9. The fraction of sp³-hybridized carbons (Fsp3) is 0.118. The lowest BCUT2D eigenvalue weighted by molar-refractivity contribution is -0.136. The number of ether oxygens (including phenoxy) is 2. The molecule has 0 fully saturated rings. The van der Waals surface area contributed by atoms with Crippen LogP contribution in [0, 0.1) is 11.8 Å². The molecule has 108 valence electrons. The smallest absolute Gasteiger partial charge is 0.384 e. The second-order valence-corrected chi connectivity index (χ2v) is 4.54. The monoisotopic (exact) mass is 294 g/mol. The van der Waals surface area contributed by atoms with Crippen molar-refractivity contribution < 1.29 is 23.9 Å². The van der Waals surface area contributed by atoms with Gasteiger partial charge in [0, 0.05) is 16.9 Å². The summed E-state index contributed by atoms with van der Waals surface area (Å²) in [6.07, 6.45) is 0. The Morgan fingerprint density at radius 1 is 1.14 bits per heavy atom. The fourth-order valence-corrected chi connectivity index (χ4v) is 2.34. The average molecular weight is 294 g/mol. The average Bonchev–Trinajstić information content (AvgIpc) is 2.51. The highest BCUT2D eigenvalue weighted by atomic mass is 16.6. The van der Waals surface area contributed by atoms with Crippen molar-refractivity contribution in [3.63, 3.8) is 0 Å². The molecular weight excluding hydrogens is 284 g/mol. The molecule has 5 heteroatoms. The minimum absolute atomic E-state index is 0.248. The van der Waals surface area contributed by atoms with Crippen LogP contribution in [0.15, 0.2) is 30.3 Å². The third kappa shape index (κ3) is 2.21. The third-order valence-corrected chi connectivity index (χ3v) is 3.24. The second-order valence-electron chi connectivity index (χ2n) is 4.54. The standard InChI is InChI=1S/C17H10O5/c1-2-21-14(18)9-7-10-6-8-13-15-11(10)4-3-5-12(15)16(19)22-17(13)20/h3-6,8H,2H2,1H3. The number of benzene rings is 2. The van der Waals surface area contributed by atoms with Crippen LogP contribution < -0.4 is 0 Å². The summed E-state index contributed by atoms with van der Waals surface area (Å²) >= 11 is 0. The van der Waals surface area contributed by atoms with Crippen molar-refractivity contribution in [3.05, 3.63) is 47.0 Å². The molecule has 0 amide bonds. The van der Waals surface area contributed by atoms with Crippen molar-refractivity contribution in [3.8, 4) is 11.8 Å². The number of cyclic esters (lactones) is 2. The largest absolute Gasteiger partial charge is 0.456 e. The highest BCUT2D eigenvalue weighted by Gasteiger charge is 2.27. The van der Waals surface area contributed by atoms with E-state index in [1.54, 1.807) is 31.2 Å². The highest BCUT2D eigenvalue weighted by Crippen LogP contribution is 2.30. The van der Waals surface area contributed by atoms with Crippen molar-refractivity contribution in [2.75, 3.05) is 6.61 Å². The third-order valence-electron chi connectivity index (χ3n) is 3.24. The van der Waals surface area contributed by atoms with Gasteiger partial charge in [-0.15, -0.1) is 0 Å². The Morgan fingerprint density at radius 3 is 2.59 bits per heavy atom. The maximum atomic E-state index is 11.8. The van der Waals surface area contributed by atoms with Crippen LogP contribution in [0.25, 0.3) is 10.8 Å². The van der Waals surface area contributed by atoms with E-state index in [2.05, 4.69) is 16.6 Å². The van der Waals surface area contributed by atoms with Gasteiger partial charge in [0.2, 0.25) is 0 Å². The van der Waals surface area contributed by atoms with E-state index >= 15 is 0 Å². The summed E-state index contributed by atoms with van der Waals surface area (Å²) in [5.74, 6) is 3.10. The van der Waals surface area contributed by atoms with Crippen molar-refractivity contribution in [2.45, 2.75) is 6.92 Å². The molecule has 0 spiro atoms. The maximum absolute atomic E-state index is 11.8. The number of rotatable bonds is 1. The van der Waals surface area contributed by atoms with E-state index in [-0.39, 0.29) is 6.61 Å². The topological polar surface area (TPSA) is 69.7 Å². The van der Waals surface area contributed by atoms with Crippen molar-refractivity contribution in [2.24, 2.45) is 0 Å². The summed E-state index contributed by atoms with van der Waals surface area (Å²) in [6.45, 7) is 1.94. The van der Waals surface area contributed by atoms with Gasteiger partial charge in [-0.05, 0) is 30.5 Å². The Labute approximate surface area is 125 Å². The summed E-state index contributed by atoms with van der Waals surface area (Å²) in [5, 5.41) is 1.12. The molecule has 5 nitrogen and oxygen atoms in total. The van der Waals surface area contributed by atoms with Crippen molar-refractivity contribution in [1.82, 2.24) is 0 Å². The van der Waals surface area contributed by atoms with Crippen LogP contribution in [0.2, 0.25) is 0 Å². The van der Waals surface area contributed by atoms with Crippen LogP contribution in [-0.4, -0.2) is 24.5 Å². The molecule has 0 N–H and O–H groups in total. The second kappa shape index (κ2) is 5.34. The number of carbonyl (C=O) groups excluding carboxylic acids is 3. The van der Waals surface area contributed by atoms with Gasteiger partial charge in [0.15, 0.2) is 0 Å². The number of hydrogen-bond donors (Lipinski definition) is 0. The van der Waals surface area contributed by atoms with Crippen LogP contribution in [0.5, 0.6) is 0 Å². The zero-order valence-electron chi connectivity index (χ0n) is 11.6. The van der Waals surface area contributed by atoms with Gasteiger partial charge in [0.1, 0.15) is 0 Å². The summed E-state index contributed by atoms with van der Waals surface area (Å²) < 4.78 is 9.43. The molecule has 0 atom stereocenters. The van der Waals surface area contributed by atoms with Gasteiger partial charge in [-0.1, -0.05) is 18.1 Å². The molecule has 1 heterocycles. The normalized spacial score (nSPS) is 12.4. The van der Waals surface area contributed by atoms with E-state index in [1.807, 2.05) is 0 Å². The van der Waals surface area contributed by atoms with Crippen LogP contribution in [0.1, 0.15) is 33.2 Å². The Balaban J connectivity index is 2.21. The van der Waals surface area contributed by atoms with Gasteiger partial charge in [0.05, 0.1) is 17.7 Å². The molecule has 2 aromatic rings. The quantitative estimate of drug-likeness (QED) is 0.457. The van der Waals surface area contributed by atoms with Crippen LogP contribution in [0.3, 0.4) is 0 Å². The molecule has 0 bridgehead atoms. The summed E-state index contributed by atoms with van der Waals surface area (Å²) in [6, 6.07) is 8.15. The van der Waals surface area contributed by atoms with E-state index in [0.717, 1.165) is 0 Å². The molecule has 0 unspecified atom stereocenters. The van der Waals surface area contributed by atoms with Gasteiger partial charge >= 0.3 is 17.9 Å². The molecule has 1 aliphatic rings. The predicted octanol–water partition coefficient (Wildman–Crippen LogP) is 2.07. The first-order valence-corrected chi connectivity index (χ1v) is 6.63. The maximum Gasteiger partial charge on any atom is 0.384 e. The van der Waals surface area contributed by atoms with Crippen LogP contribution in [0.4, 0.5) is 0 Å². The van der Waals surface area contributed by atoms with Gasteiger partial charge in [-0.25, -0.2) is 14.4 Å². The number of carbonyl (C=O) groups is 3. The fourth-order valence-electron chi connectivity index (χ4n) is 2.34. The lowest BCUT2D eigenvalue weighted by Gasteiger charge is -2.15. The zero-order chi connectivity index (χ0) is 15.7. The predicted molar refractivity (Wildman–Crippen MR) is 77.2 cm³/mol. The lowest BCUT2D eigenvalue weighted by Crippen LogP contribution is -2.19. The summed E-state index contributed by atoms with van der Waals surface area (Å²) in [5.41, 5.74) is 1.16. The number of hydrogen-bond acceptors (Lipinski definition) is 5. The first-order chi connectivity index (χ1) is 10.6. The minimum atomic E-state index is -0.682. The van der Waals surface area contributed by atoms with E-state index in [0.29, 0.717) is 27.5 Å². The molecule has 0 aliphatic carbocycles. The van der Waals surface area contributed by atoms with Crippen molar-refractivity contribution >= 4 is 28.7 Å². The van der Waals surface area contributed by atoms with Gasteiger partial charge in [-0.3, -0.25) is 0 Å². The first kappa shape index (κ1) is 13.8. The van der Waals surface area contributed by atoms with Crippen LogP contribution in [-0.2, 0) is 14.3 Å². The molecule has 1 aliphatic heterocycles. The van der Waals surface area contributed by atoms with E-state index in [1.165, 1.54) is 6.07 Å². The molecule has 0 saturated carbocycles. The summed E-state index contributed by atoms with van der Waals surface area (Å²) in [7, 11) is 0. The van der Waals surface area contributed by atoms with Gasteiger partial charge in [-0.2, -0.15) is 0 Å². The zero-order valence-corrected chi connectivity index (χ0v) is 11.6.